The number of carbonyl (C=O) groups excluding carboxylic acids is 1. The van der Waals surface area contributed by atoms with Gasteiger partial charge in [-0.05, 0) is 31.9 Å². The fourth-order valence-corrected chi connectivity index (χ4v) is 2.38. The van der Waals surface area contributed by atoms with Gasteiger partial charge in [-0.15, -0.1) is 0 Å². The fraction of sp³-hybridized carbons (Fsp3) is 0.500. The number of carbonyl (C=O) groups is 1. The Morgan fingerprint density at radius 2 is 2.12 bits per heavy atom. The number of aryl methyl sites for hydroxylation is 1. The van der Waals surface area contributed by atoms with Gasteiger partial charge < -0.3 is 11.1 Å². The molecule has 3 nitrogen and oxygen atoms in total. The van der Waals surface area contributed by atoms with E-state index in [1.807, 2.05) is 31.2 Å². The van der Waals surface area contributed by atoms with Gasteiger partial charge in [-0.3, -0.25) is 4.79 Å². The Labute approximate surface area is 102 Å². The van der Waals surface area contributed by atoms with E-state index >= 15 is 0 Å². The molecule has 1 fully saturated rings. The smallest absolute Gasteiger partial charge is 0.251 e. The minimum Gasteiger partial charge on any atom is -0.348 e. The first kappa shape index (κ1) is 12.1. The normalized spacial score (nSPS) is 24.4. The molecule has 1 aromatic carbocycles. The molecule has 0 radical (unpaired) electrons. The molecule has 0 heterocycles. The van der Waals surface area contributed by atoms with Crippen molar-refractivity contribution in [3.8, 4) is 0 Å². The molecular formula is C14H20N2O. The predicted octanol–water partition coefficient (Wildman–Crippen LogP) is 1.99. The first-order chi connectivity index (χ1) is 8.16. The maximum Gasteiger partial charge on any atom is 0.251 e. The molecule has 92 valence electrons. The van der Waals surface area contributed by atoms with Crippen LogP contribution in [0.3, 0.4) is 0 Å². The van der Waals surface area contributed by atoms with E-state index in [1.54, 1.807) is 0 Å². The summed E-state index contributed by atoms with van der Waals surface area (Å²) >= 11 is 0. The molecule has 1 saturated carbocycles. The minimum atomic E-state index is -0.00366. The van der Waals surface area contributed by atoms with Gasteiger partial charge >= 0.3 is 0 Å². The summed E-state index contributed by atoms with van der Waals surface area (Å²) in [5, 5.41) is 3.05. The van der Waals surface area contributed by atoms with Gasteiger partial charge in [0.05, 0.1) is 0 Å². The maximum atomic E-state index is 12.0. The van der Waals surface area contributed by atoms with E-state index in [-0.39, 0.29) is 18.0 Å². The Morgan fingerprint density at radius 3 is 2.82 bits per heavy atom. The summed E-state index contributed by atoms with van der Waals surface area (Å²) < 4.78 is 0. The number of hydrogen-bond acceptors (Lipinski definition) is 2. The highest BCUT2D eigenvalue weighted by Gasteiger charge is 2.23. The number of rotatable bonds is 2. The number of hydrogen-bond donors (Lipinski definition) is 2. The Kier molecular flexibility index (Phi) is 3.79. The van der Waals surface area contributed by atoms with Crippen molar-refractivity contribution in [1.29, 1.82) is 0 Å². The molecule has 0 aliphatic heterocycles. The number of amides is 1. The number of nitrogens with one attached hydrogen (secondary N) is 1. The highest BCUT2D eigenvalue weighted by atomic mass is 16.1. The van der Waals surface area contributed by atoms with Gasteiger partial charge in [0.1, 0.15) is 0 Å². The van der Waals surface area contributed by atoms with Gasteiger partial charge in [-0.1, -0.05) is 30.5 Å². The third-order valence-electron chi connectivity index (χ3n) is 3.42. The van der Waals surface area contributed by atoms with Gasteiger partial charge in [0, 0.05) is 17.6 Å². The Bertz CT molecular complexity index is 403. The Hall–Kier alpha value is -1.35. The van der Waals surface area contributed by atoms with E-state index in [0.29, 0.717) is 0 Å². The molecule has 2 rings (SSSR count). The van der Waals surface area contributed by atoms with E-state index < -0.39 is 0 Å². The third kappa shape index (κ3) is 3.07. The molecule has 1 aliphatic rings. The predicted molar refractivity (Wildman–Crippen MR) is 68.9 cm³/mol. The van der Waals surface area contributed by atoms with Crippen molar-refractivity contribution in [2.45, 2.75) is 44.7 Å². The zero-order chi connectivity index (χ0) is 12.3. The SMILES string of the molecule is Cc1cccc(C(=O)NC2CCCCC2N)c1. The molecule has 3 N–H and O–H groups in total. The Morgan fingerprint density at radius 1 is 1.35 bits per heavy atom. The van der Waals surface area contributed by atoms with Crippen LogP contribution in [0.2, 0.25) is 0 Å². The second kappa shape index (κ2) is 5.32. The molecule has 1 aromatic rings. The van der Waals surface area contributed by atoms with Crippen molar-refractivity contribution >= 4 is 5.91 Å². The molecule has 3 heteroatoms. The summed E-state index contributed by atoms with van der Waals surface area (Å²) in [7, 11) is 0. The highest BCUT2D eigenvalue weighted by molar-refractivity contribution is 5.94. The van der Waals surface area contributed by atoms with Crippen molar-refractivity contribution in [1.82, 2.24) is 5.32 Å². The van der Waals surface area contributed by atoms with Crippen molar-refractivity contribution in [2.24, 2.45) is 5.73 Å². The quantitative estimate of drug-likeness (QED) is 0.819. The topological polar surface area (TPSA) is 55.1 Å². The summed E-state index contributed by atoms with van der Waals surface area (Å²) in [6.45, 7) is 1.99. The first-order valence-corrected chi connectivity index (χ1v) is 6.30. The lowest BCUT2D eigenvalue weighted by Crippen LogP contribution is -2.49. The van der Waals surface area contributed by atoms with E-state index in [1.165, 1.54) is 6.42 Å². The second-order valence-corrected chi connectivity index (χ2v) is 4.90. The summed E-state index contributed by atoms with van der Waals surface area (Å²) in [5.41, 5.74) is 7.85. The fourth-order valence-electron chi connectivity index (χ4n) is 2.38. The van der Waals surface area contributed by atoms with Crippen LogP contribution in [-0.4, -0.2) is 18.0 Å². The highest BCUT2D eigenvalue weighted by Crippen LogP contribution is 2.17. The summed E-state index contributed by atoms with van der Waals surface area (Å²) in [6.07, 6.45) is 4.35. The third-order valence-corrected chi connectivity index (χ3v) is 3.42. The maximum absolute atomic E-state index is 12.0. The van der Waals surface area contributed by atoms with E-state index in [9.17, 15) is 4.79 Å². The average Bonchev–Trinajstić information content (AvgIpc) is 2.32. The largest absolute Gasteiger partial charge is 0.348 e. The molecule has 0 bridgehead atoms. The molecule has 0 saturated heterocycles. The molecule has 17 heavy (non-hydrogen) atoms. The zero-order valence-corrected chi connectivity index (χ0v) is 10.3. The van der Waals surface area contributed by atoms with E-state index in [2.05, 4.69) is 5.32 Å². The lowest BCUT2D eigenvalue weighted by atomic mass is 9.91. The standard InChI is InChI=1S/C14H20N2O/c1-10-5-4-6-11(9-10)14(17)16-13-8-3-2-7-12(13)15/h4-6,9,12-13H,2-3,7-8,15H2,1H3,(H,16,17). The average molecular weight is 232 g/mol. The first-order valence-electron chi connectivity index (χ1n) is 6.30. The van der Waals surface area contributed by atoms with E-state index in [4.69, 9.17) is 5.73 Å². The van der Waals surface area contributed by atoms with Crippen LogP contribution in [0, 0.1) is 6.92 Å². The van der Waals surface area contributed by atoms with Crippen molar-refractivity contribution in [3.05, 3.63) is 35.4 Å². The zero-order valence-electron chi connectivity index (χ0n) is 10.3. The van der Waals surface area contributed by atoms with Gasteiger partial charge in [0.2, 0.25) is 0 Å². The van der Waals surface area contributed by atoms with Crippen LogP contribution in [0.25, 0.3) is 0 Å². The van der Waals surface area contributed by atoms with Gasteiger partial charge in [-0.2, -0.15) is 0 Å². The molecule has 0 aromatic heterocycles. The van der Waals surface area contributed by atoms with Gasteiger partial charge in [0.15, 0.2) is 0 Å². The summed E-state index contributed by atoms with van der Waals surface area (Å²) in [5.74, 6) is -0.00366. The van der Waals surface area contributed by atoms with Crippen molar-refractivity contribution in [3.63, 3.8) is 0 Å². The number of nitrogens with two attached hydrogens (primary N) is 1. The molecule has 2 atom stereocenters. The van der Waals surface area contributed by atoms with Crippen LogP contribution in [0.15, 0.2) is 24.3 Å². The molecule has 0 spiro atoms. The minimum absolute atomic E-state index is 0.00366. The molecular weight excluding hydrogens is 212 g/mol. The van der Waals surface area contributed by atoms with Crippen LogP contribution in [0.4, 0.5) is 0 Å². The van der Waals surface area contributed by atoms with Crippen molar-refractivity contribution < 1.29 is 4.79 Å². The summed E-state index contributed by atoms with van der Waals surface area (Å²) in [4.78, 5) is 12.0. The summed E-state index contributed by atoms with van der Waals surface area (Å²) in [6, 6.07) is 7.89. The van der Waals surface area contributed by atoms with Crippen molar-refractivity contribution in [2.75, 3.05) is 0 Å². The van der Waals surface area contributed by atoms with Gasteiger partial charge in [-0.25, -0.2) is 0 Å². The molecule has 1 amide bonds. The van der Waals surface area contributed by atoms with Crippen LogP contribution in [-0.2, 0) is 0 Å². The van der Waals surface area contributed by atoms with Crippen LogP contribution in [0.5, 0.6) is 0 Å². The monoisotopic (exact) mass is 232 g/mol. The van der Waals surface area contributed by atoms with Gasteiger partial charge in [0.25, 0.3) is 5.91 Å². The Balaban J connectivity index is 2.01. The van der Waals surface area contributed by atoms with Crippen LogP contribution in [0.1, 0.15) is 41.6 Å². The second-order valence-electron chi connectivity index (χ2n) is 4.90. The van der Waals surface area contributed by atoms with Crippen LogP contribution < -0.4 is 11.1 Å². The lowest BCUT2D eigenvalue weighted by molar-refractivity contribution is 0.0921. The molecule has 2 unspecified atom stereocenters. The van der Waals surface area contributed by atoms with E-state index in [0.717, 1.165) is 30.4 Å². The molecule has 1 aliphatic carbocycles. The lowest BCUT2D eigenvalue weighted by Gasteiger charge is -2.29. The van der Waals surface area contributed by atoms with Crippen LogP contribution >= 0.6 is 0 Å². The number of benzene rings is 1.